The number of nitriles is 1. The van der Waals surface area contributed by atoms with Gasteiger partial charge in [0.15, 0.2) is 0 Å². The number of fused-ring (bicyclic) bond motifs is 1. The van der Waals surface area contributed by atoms with Crippen molar-refractivity contribution in [2.24, 2.45) is 0 Å². The molecule has 1 aromatic heterocycles. The van der Waals surface area contributed by atoms with Crippen LogP contribution < -0.4 is 0 Å². The van der Waals surface area contributed by atoms with E-state index in [0.717, 1.165) is 16.6 Å². The highest BCUT2D eigenvalue weighted by Gasteiger charge is 2.03. The largest absolute Gasteiger partial charge is 0.240 e. The Morgan fingerprint density at radius 1 is 1.06 bits per heavy atom. The smallest absolute Gasteiger partial charge is 0.113 e. The standard InChI is InChI=1S/C14H10N4/c15-9-11-5-7-12(8-6-11)10-18-14-4-2-1-3-13(14)16-17-18/h1-8H,10H2. The first kappa shape index (κ1) is 10.5. The highest BCUT2D eigenvalue weighted by molar-refractivity contribution is 5.73. The zero-order chi connectivity index (χ0) is 12.4. The molecule has 0 fully saturated rings. The first-order valence-electron chi connectivity index (χ1n) is 5.64. The fourth-order valence-corrected chi connectivity index (χ4v) is 1.89. The number of hydrogen-bond acceptors (Lipinski definition) is 3. The number of aromatic nitrogens is 3. The second-order valence-corrected chi connectivity index (χ2v) is 4.04. The van der Waals surface area contributed by atoms with E-state index in [2.05, 4.69) is 16.4 Å². The molecule has 0 amide bonds. The molecule has 0 saturated heterocycles. The first-order chi connectivity index (χ1) is 8.86. The molecule has 0 unspecified atom stereocenters. The normalized spacial score (nSPS) is 10.4. The molecule has 0 N–H and O–H groups in total. The lowest BCUT2D eigenvalue weighted by atomic mass is 10.1. The molecule has 3 rings (SSSR count). The Hall–Kier alpha value is -2.67. The van der Waals surface area contributed by atoms with Crippen LogP contribution in [0.25, 0.3) is 11.0 Å². The van der Waals surface area contributed by atoms with Gasteiger partial charge in [-0.3, -0.25) is 0 Å². The van der Waals surface area contributed by atoms with Gasteiger partial charge in [-0.25, -0.2) is 4.68 Å². The van der Waals surface area contributed by atoms with Gasteiger partial charge in [0.1, 0.15) is 5.52 Å². The third-order valence-electron chi connectivity index (χ3n) is 2.84. The van der Waals surface area contributed by atoms with E-state index in [4.69, 9.17) is 5.26 Å². The lowest BCUT2D eigenvalue weighted by Crippen LogP contribution is -2.01. The van der Waals surface area contributed by atoms with Crippen molar-refractivity contribution in [3.63, 3.8) is 0 Å². The Balaban J connectivity index is 1.94. The van der Waals surface area contributed by atoms with Crippen LogP contribution in [-0.2, 0) is 6.54 Å². The van der Waals surface area contributed by atoms with E-state index in [1.54, 1.807) is 0 Å². The number of para-hydroxylation sites is 1. The van der Waals surface area contributed by atoms with Gasteiger partial charge in [0.25, 0.3) is 0 Å². The number of benzene rings is 2. The summed E-state index contributed by atoms with van der Waals surface area (Å²) >= 11 is 0. The van der Waals surface area contributed by atoms with E-state index in [1.807, 2.05) is 53.2 Å². The molecular weight excluding hydrogens is 224 g/mol. The predicted molar refractivity (Wildman–Crippen MR) is 67.8 cm³/mol. The number of nitrogens with zero attached hydrogens (tertiary/aromatic N) is 4. The zero-order valence-electron chi connectivity index (χ0n) is 9.61. The summed E-state index contributed by atoms with van der Waals surface area (Å²) in [5.74, 6) is 0. The molecule has 0 saturated carbocycles. The maximum Gasteiger partial charge on any atom is 0.113 e. The van der Waals surface area contributed by atoms with Gasteiger partial charge in [-0.1, -0.05) is 29.5 Å². The SMILES string of the molecule is N#Cc1ccc(Cn2nnc3ccccc32)cc1. The quantitative estimate of drug-likeness (QED) is 0.684. The fraction of sp³-hybridized carbons (Fsp3) is 0.0714. The van der Waals surface area contributed by atoms with Crippen LogP contribution in [0.1, 0.15) is 11.1 Å². The summed E-state index contributed by atoms with van der Waals surface area (Å²) in [6.07, 6.45) is 0. The molecule has 0 radical (unpaired) electrons. The molecular formula is C14H10N4. The summed E-state index contributed by atoms with van der Waals surface area (Å²) in [6, 6.07) is 17.5. The first-order valence-corrected chi connectivity index (χ1v) is 5.64. The van der Waals surface area contributed by atoms with Crippen LogP contribution in [0.15, 0.2) is 48.5 Å². The lowest BCUT2D eigenvalue weighted by Gasteiger charge is -2.02. The van der Waals surface area contributed by atoms with E-state index in [0.29, 0.717) is 12.1 Å². The maximum atomic E-state index is 8.75. The van der Waals surface area contributed by atoms with Crippen LogP contribution in [0.2, 0.25) is 0 Å². The van der Waals surface area contributed by atoms with Crippen LogP contribution in [-0.4, -0.2) is 15.0 Å². The number of hydrogen-bond donors (Lipinski definition) is 0. The van der Waals surface area contributed by atoms with Crippen LogP contribution >= 0.6 is 0 Å². The Kier molecular flexibility index (Phi) is 2.50. The topological polar surface area (TPSA) is 54.5 Å². The summed E-state index contributed by atoms with van der Waals surface area (Å²) in [5, 5.41) is 17.0. The van der Waals surface area contributed by atoms with E-state index in [9.17, 15) is 0 Å². The van der Waals surface area contributed by atoms with Gasteiger partial charge < -0.3 is 0 Å². The highest BCUT2D eigenvalue weighted by atomic mass is 15.4. The van der Waals surface area contributed by atoms with Crippen LogP contribution in [0.3, 0.4) is 0 Å². The fourth-order valence-electron chi connectivity index (χ4n) is 1.89. The average Bonchev–Trinajstić information content (AvgIpc) is 2.83. The summed E-state index contributed by atoms with van der Waals surface area (Å²) in [6.45, 7) is 0.659. The van der Waals surface area contributed by atoms with Crippen molar-refractivity contribution in [2.75, 3.05) is 0 Å². The van der Waals surface area contributed by atoms with E-state index >= 15 is 0 Å². The van der Waals surface area contributed by atoms with E-state index < -0.39 is 0 Å². The van der Waals surface area contributed by atoms with Gasteiger partial charge >= 0.3 is 0 Å². The monoisotopic (exact) mass is 234 g/mol. The van der Waals surface area contributed by atoms with E-state index in [-0.39, 0.29) is 0 Å². The summed E-state index contributed by atoms with van der Waals surface area (Å²) in [5.41, 5.74) is 3.68. The zero-order valence-corrected chi connectivity index (χ0v) is 9.61. The second-order valence-electron chi connectivity index (χ2n) is 4.04. The second kappa shape index (κ2) is 4.30. The minimum atomic E-state index is 0.659. The molecule has 3 aromatic rings. The van der Waals surface area contributed by atoms with Gasteiger partial charge in [-0.05, 0) is 29.8 Å². The van der Waals surface area contributed by atoms with Crippen LogP contribution in [0, 0.1) is 11.3 Å². The Labute approximate surface area is 104 Å². The average molecular weight is 234 g/mol. The summed E-state index contributed by atoms with van der Waals surface area (Å²) in [7, 11) is 0. The van der Waals surface area contributed by atoms with Crippen molar-refractivity contribution >= 4 is 11.0 Å². The molecule has 0 bridgehead atoms. The van der Waals surface area contributed by atoms with Gasteiger partial charge in [0.05, 0.1) is 23.7 Å². The minimum absolute atomic E-state index is 0.659. The molecule has 2 aromatic carbocycles. The van der Waals surface area contributed by atoms with E-state index in [1.165, 1.54) is 0 Å². The Morgan fingerprint density at radius 3 is 2.61 bits per heavy atom. The van der Waals surface area contributed by atoms with Gasteiger partial charge in [0, 0.05) is 0 Å². The number of rotatable bonds is 2. The molecule has 1 heterocycles. The molecule has 0 aliphatic rings. The summed E-state index contributed by atoms with van der Waals surface area (Å²) < 4.78 is 1.86. The molecule has 0 atom stereocenters. The molecule has 18 heavy (non-hydrogen) atoms. The molecule has 4 nitrogen and oxygen atoms in total. The van der Waals surface area contributed by atoms with Crippen LogP contribution in [0.5, 0.6) is 0 Å². The van der Waals surface area contributed by atoms with Gasteiger partial charge in [-0.2, -0.15) is 5.26 Å². The Bertz CT molecular complexity index is 719. The van der Waals surface area contributed by atoms with Gasteiger partial charge in [-0.15, -0.1) is 5.10 Å². The van der Waals surface area contributed by atoms with Crippen molar-refractivity contribution in [3.05, 3.63) is 59.7 Å². The van der Waals surface area contributed by atoms with Crippen molar-refractivity contribution in [1.29, 1.82) is 5.26 Å². The minimum Gasteiger partial charge on any atom is -0.240 e. The summed E-state index contributed by atoms with van der Waals surface area (Å²) in [4.78, 5) is 0. The van der Waals surface area contributed by atoms with Crippen molar-refractivity contribution in [2.45, 2.75) is 6.54 Å². The highest BCUT2D eigenvalue weighted by Crippen LogP contribution is 2.12. The Morgan fingerprint density at radius 2 is 1.83 bits per heavy atom. The van der Waals surface area contributed by atoms with Crippen molar-refractivity contribution < 1.29 is 0 Å². The maximum absolute atomic E-state index is 8.75. The third kappa shape index (κ3) is 1.82. The van der Waals surface area contributed by atoms with Gasteiger partial charge in [0.2, 0.25) is 0 Å². The molecule has 0 spiro atoms. The molecule has 0 aliphatic carbocycles. The third-order valence-corrected chi connectivity index (χ3v) is 2.84. The van der Waals surface area contributed by atoms with Crippen LogP contribution in [0.4, 0.5) is 0 Å². The molecule has 0 aliphatic heterocycles. The van der Waals surface area contributed by atoms with Crippen molar-refractivity contribution in [1.82, 2.24) is 15.0 Å². The molecule has 4 heteroatoms. The van der Waals surface area contributed by atoms with Crippen molar-refractivity contribution in [3.8, 4) is 6.07 Å². The lowest BCUT2D eigenvalue weighted by molar-refractivity contribution is 0.670. The molecule has 86 valence electrons. The predicted octanol–water partition coefficient (Wildman–Crippen LogP) is 2.35.